The van der Waals surface area contributed by atoms with Gasteiger partial charge in [0.15, 0.2) is 0 Å². The summed E-state index contributed by atoms with van der Waals surface area (Å²) in [5.41, 5.74) is 0.968. The Kier molecular flexibility index (Phi) is 4.01. The minimum absolute atomic E-state index is 0.187. The van der Waals surface area contributed by atoms with E-state index in [1.165, 1.54) is 4.90 Å². The van der Waals surface area contributed by atoms with E-state index in [0.717, 1.165) is 6.54 Å². The summed E-state index contributed by atoms with van der Waals surface area (Å²) >= 11 is 0. The fraction of sp³-hybridized carbons (Fsp3) is 0.467. The van der Waals surface area contributed by atoms with Crippen LogP contribution < -0.4 is 10.6 Å². The second-order valence-electron chi connectivity index (χ2n) is 5.50. The van der Waals surface area contributed by atoms with Crippen LogP contribution in [0, 0.1) is 5.92 Å². The predicted molar refractivity (Wildman–Crippen MR) is 77.0 cm³/mol. The number of hydrogen-bond acceptors (Lipinski definition) is 5. The number of carbonyl (C=O) groups is 2. The van der Waals surface area contributed by atoms with E-state index in [9.17, 15) is 14.7 Å². The van der Waals surface area contributed by atoms with Crippen molar-refractivity contribution in [1.82, 2.24) is 15.5 Å². The first-order chi connectivity index (χ1) is 10.2. The SMILES string of the molecule is O=C1c2ccccc2C(=O)N1CCNCC1CNCC1O. The summed E-state index contributed by atoms with van der Waals surface area (Å²) in [7, 11) is 0. The summed E-state index contributed by atoms with van der Waals surface area (Å²) in [6, 6.07) is 6.90. The van der Waals surface area contributed by atoms with Crippen molar-refractivity contribution in [3.05, 3.63) is 35.4 Å². The lowest BCUT2D eigenvalue weighted by atomic mass is 10.1. The van der Waals surface area contributed by atoms with E-state index in [2.05, 4.69) is 10.6 Å². The van der Waals surface area contributed by atoms with E-state index in [-0.39, 0.29) is 23.8 Å². The molecule has 112 valence electrons. The normalized spacial score (nSPS) is 24.7. The quantitative estimate of drug-likeness (QED) is 0.501. The van der Waals surface area contributed by atoms with Crippen LogP contribution in [0.5, 0.6) is 0 Å². The van der Waals surface area contributed by atoms with E-state index in [1.54, 1.807) is 24.3 Å². The highest BCUT2D eigenvalue weighted by Crippen LogP contribution is 2.21. The lowest BCUT2D eigenvalue weighted by Gasteiger charge is -2.17. The van der Waals surface area contributed by atoms with Crippen molar-refractivity contribution in [2.45, 2.75) is 6.10 Å². The Morgan fingerprint density at radius 2 is 1.86 bits per heavy atom. The van der Waals surface area contributed by atoms with Gasteiger partial charge in [0.25, 0.3) is 11.8 Å². The average molecular weight is 289 g/mol. The van der Waals surface area contributed by atoms with Crippen LogP contribution in [0.3, 0.4) is 0 Å². The lowest BCUT2D eigenvalue weighted by molar-refractivity contribution is 0.0653. The number of amides is 2. The fourth-order valence-corrected chi connectivity index (χ4v) is 2.85. The number of nitrogens with zero attached hydrogens (tertiary/aromatic N) is 1. The van der Waals surface area contributed by atoms with Crippen LogP contribution in [-0.2, 0) is 0 Å². The van der Waals surface area contributed by atoms with Crippen molar-refractivity contribution >= 4 is 11.8 Å². The summed E-state index contributed by atoms with van der Waals surface area (Å²) in [5, 5.41) is 16.0. The van der Waals surface area contributed by atoms with Crippen molar-refractivity contribution < 1.29 is 14.7 Å². The summed E-state index contributed by atoms with van der Waals surface area (Å²) in [6.07, 6.45) is -0.322. The molecular formula is C15H19N3O3. The first-order valence-electron chi connectivity index (χ1n) is 7.23. The van der Waals surface area contributed by atoms with Crippen molar-refractivity contribution in [2.75, 3.05) is 32.7 Å². The number of β-amino-alcohol motifs (C(OH)–C–C–N with tert-alkyl or cyclic N) is 1. The number of benzene rings is 1. The molecule has 1 aromatic carbocycles. The van der Waals surface area contributed by atoms with Gasteiger partial charge in [-0.05, 0) is 12.1 Å². The molecule has 0 bridgehead atoms. The van der Waals surface area contributed by atoms with Crippen molar-refractivity contribution in [1.29, 1.82) is 0 Å². The van der Waals surface area contributed by atoms with Gasteiger partial charge in [-0.25, -0.2) is 0 Å². The molecule has 2 amide bonds. The molecule has 3 N–H and O–H groups in total. The van der Waals surface area contributed by atoms with Gasteiger partial charge < -0.3 is 15.7 Å². The van der Waals surface area contributed by atoms with E-state index in [4.69, 9.17) is 0 Å². The zero-order valence-electron chi connectivity index (χ0n) is 11.7. The average Bonchev–Trinajstić information content (AvgIpc) is 3.00. The van der Waals surface area contributed by atoms with Crippen LogP contribution in [0.1, 0.15) is 20.7 Å². The van der Waals surface area contributed by atoms with Crippen molar-refractivity contribution in [3.63, 3.8) is 0 Å². The topological polar surface area (TPSA) is 81.7 Å². The number of carbonyl (C=O) groups excluding carboxylic acids is 2. The molecule has 0 aromatic heterocycles. The Hall–Kier alpha value is -1.76. The molecule has 0 radical (unpaired) electrons. The van der Waals surface area contributed by atoms with E-state index >= 15 is 0 Å². The number of aliphatic hydroxyl groups excluding tert-OH is 1. The highest BCUT2D eigenvalue weighted by atomic mass is 16.3. The second kappa shape index (κ2) is 5.93. The van der Waals surface area contributed by atoms with Crippen LogP contribution >= 0.6 is 0 Å². The third-order valence-corrected chi connectivity index (χ3v) is 4.10. The van der Waals surface area contributed by atoms with Gasteiger partial charge in [-0.3, -0.25) is 14.5 Å². The molecule has 1 fully saturated rings. The zero-order valence-corrected chi connectivity index (χ0v) is 11.7. The molecule has 2 aliphatic rings. The number of imide groups is 1. The maximum atomic E-state index is 12.1. The fourth-order valence-electron chi connectivity index (χ4n) is 2.85. The Bertz CT molecular complexity index is 526. The van der Waals surface area contributed by atoms with Gasteiger partial charge in [0.05, 0.1) is 17.2 Å². The van der Waals surface area contributed by atoms with Crippen molar-refractivity contribution in [2.24, 2.45) is 5.92 Å². The number of aliphatic hydroxyl groups is 1. The first kappa shape index (κ1) is 14.2. The first-order valence-corrected chi connectivity index (χ1v) is 7.23. The lowest BCUT2D eigenvalue weighted by Crippen LogP contribution is -2.39. The molecule has 2 atom stereocenters. The van der Waals surface area contributed by atoms with Crippen LogP contribution in [0.2, 0.25) is 0 Å². The summed E-state index contributed by atoms with van der Waals surface area (Å²) in [5.74, 6) is -0.257. The molecule has 1 saturated heterocycles. The Morgan fingerprint density at radius 1 is 1.19 bits per heavy atom. The molecule has 2 aliphatic heterocycles. The van der Waals surface area contributed by atoms with Gasteiger partial charge in [-0.1, -0.05) is 12.1 Å². The molecule has 1 aromatic rings. The maximum absolute atomic E-state index is 12.1. The molecule has 2 heterocycles. The molecule has 0 spiro atoms. The Morgan fingerprint density at radius 3 is 2.43 bits per heavy atom. The predicted octanol–water partition coefficient (Wildman–Crippen LogP) is -0.547. The van der Waals surface area contributed by atoms with E-state index in [1.807, 2.05) is 0 Å². The highest BCUT2D eigenvalue weighted by molar-refractivity contribution is 6.21. The minimum atomic E-state index is -0.322. The van der Waals surface area contributed by atoms with Gasteiger partial charge in [0.1, 0.15) is 0 Å². The minimum Gasteiger partial charge on any atom is -0.391 e. The van der Waals surface area contributed by atoms with Gasteiger partial charge in [-0.2, -0.15) is 0 Å². The van der Waals surface area contributed by atoms with Crippen LogP contribution in [0.4, 0.5) is 0 Å². The number of rotatable bonds is 5. The molecule has 0 saturated carbocycles. The van der Waals surface area contributed by atoms with Crippen LogP contribution in [0.15, 0.2) is 24.3 Å². The van der Waals surface area contributed by atoms with Gasteiger partial charge in [-0.15, -0.1) is 0 Å². The maximum Gasteiger partial charge on any atom is 0.261 e. The van der Waals surface area contributed by atoms with Crippen LogP contribution in [0.25, 0.3) is 0 Å². The molecule has 2 unspecified atom stereocenters. The summed E-state index contributed by atoms with van der Waals surface area (Å²) in [6.45, 7) is 2.99. The summed E-state index contributed by atoms with van der Waals surface area (Å²) in [4.78, 5) is 25.6. The van der Waals surface area contributed by atoms with Gasteiger partial charge >= 0.3 is 0 Å². The third-order valence-electron chi connectivity index (χ3n) is 4.10. The second-order valence-corrected chi connectivity index (χ2v) is 5.50. The standard InChI is InChI=1S/C15H19N3O3/c19-13-9-17-8-10(13)7-16-5-6-18-14(20)11-3-1-2-4-12(11)15(18)21/h1-4,10,13,16-17,19H,5-9H2. The summed E-state index contributed by atoms with van der Waals surface area (Å²) < 4.78 is 0. The van der Waals surface area contributed by atoms with E-state index < -0.39 is 0 Å². The zero-order chi connectivity index (χ0) is 14.8. The molecule has 21 heavy (non-hydrogen) atoms. The van der Waals surface area contributed by atoms with Gasteiger partial charge in [0, 0.05) is 38.6 Å². The monoisotopic (exact) mass is 289 g/mol. The number of hydrogen-bond donors (Lipinski definition) is 3. The largest absolute Gasteiger partial charge is 0.391 e. The Labute approximate surface area is 123 Å². The molecule has 3 rings (SSSR count). The number of fused-ring (bicyclic) bond motifs is 1. The molecule has 6 nitrogen and oxygen atoms in total. The molecule has 0 aliphatic carbocycles. The Balaban J connectivity index is 1.51. The number of nitrogens with one attached hydrogen (secondary N) is 2. The van der Waals surface area contributed by atoms with E-state index in [0.29, 0.717) is 37.3 Å². The smallest absolute Gasteiger partial charge is 0.261 e. The highest BCUT2D eigenvalue weighted by Gasteiger charge is 2.34. The molecule has 6 heteroatoms. The molecular weight excluding hydrogens is 270 g/mol. The van der Waals surface area contributed by atoms with Gasteiger partial charge in [0.2, 0.25) is 0 Å². The van der Waals surface area contributed by atoms with Crippen LogP contribution in [-0.4, -0.2) is 60.6 Å². The third kappa shape index (κ3) is 2.70. The van der Waals surface area contributed by atoms with Crippen molar-refractivity contribution in [3.8, 4) is 0 Å².